The van der Waals surface area contributed by atoms with E-state index in [4.69, 9.17) is 0 Å². The Morgan fingerprint density at radius 2 is 2.12 bits per heavy atom. The standard InChI is InChI=1S/C17H12F2N4O/c18-10-3-4-12(14(19)6-10)13-7-15(24)22-17-16(13)21-9-23(17)11-2-1-5-20-8-11/h1-6,8-9,13H,7H2,(H,22,24). The van der Waals surface area contributed by atoms with Gasteiger partial charge in [-0.2, -0.15) is 0 Å². The summed E-state index contributed by atoms with van der Waals surface area (Å²) in [4.78, 5) is 20.5. The SMILES string of the molecule is O=C1CC(c2ccc(F)cc2F)c2ncn(-c3cccnc3)c2N1. The van der Waals surface area contributed by atoms with Crippen LogP contribution in [-0.4, -0.2) is 20.4 Å². The lowest BCUT2D eigenvalue weighted by Gasteiger charge is -2.23. The Labute approximate surface area is 136 Å². The topological polar surface area (TPSA) is 59.8 Å². The van der Waals surface area contributed by atoms with Gasteiger partial charge in [0, 0.05) is 24.6 Å². The molecule has 4 rings (SSSR count). The number of benzene rings is 1. The molecule has 0 aliphatic carbocycles. The zero-order valence-corrected chi connectivity index (χ0v) is 12.4. The molecule has 0 saturated carbocycles. The van der Waals surface area contributed by atoms with Crippen LogP contribution in [-0.2, 0) is 4.79 Å². The number of amides is 1. The summed E-state index contributed by atoms with van der Waals surface area (Å²) in [5.74, 6) is -1.67. The van der Waals surface area contributed by atoms with Gasteiger partial charge in [-0.25, -0.2) is 13.8 Å². The molecule has 0 saturated heterocycles. The summed E-state index contributed by atoms with van der Waals surface area (Å²) in [5.41, 5.74) is 1.53. The van der Waals surface area contributed by atoms with Gasteiger partial charge in [0.2, 0.25) is 5.91 Å². The van der Waals surface area contributed by atoms with Gasteiger partial charge < -0.3 is 5.32 Å². The molecule has 1 aliphatic heterocycles. The Hall–Kier alpha value is -3.09. The Kier molecular flexibility index (Phi) is 3.34. The van der Waals surface area contributed by atoms with Crippen molar-refractivity contribution in [3.8, 4) is 5.69 Å². The molecule has 1 aliphatic rings. The highest BCUT2D eigenvalue weighted by atomic mass is 19.1. The molecule has 0 bridgehead atoms. The average molecular weight is 326 g/mol. The summed E-state index contributed by atoms with van der Waals surface area (Å²) in [6.07, 6.45) is 4.89. The van der Waals surface area contributed by atoms with Gasteiger partial charge in [0.1, 0.15) is 23.8 Å². The zero-order valence-electron chi connectivity index (χ0n) is 12.4. The van der Waals surface area contributed by atoms with Crippen molar-refractivity contribution >= 4 is 11.7 Å². The molecular weight excluding hydrogens is 314 g/mol. The third kappa shape index (κ3) is 2.34. The van der Waals surface area contributed by atoms with Crippen molar-refractivity contribution in [2.75, 3.05) is 5.32 Å². The molecule has 120 valence electrons. The fraction of sp³-hybridized carbons (Fsp3) is 0.118. The number of aromatic nitrogens is 3. The first-order valence-electron chi connectivity index (χ1n) is 7.36. The van der Waals surface area contributed by atoms with Crippen molar-refractivity contribution in [2.24, 2.45) is 0 Å². The van der Waals surface area contributed by atoms with Gasteiger partial charge in [0.25, 0.3) is 0 Å². The van der Waals surface area contributed by atoms with E-state index < -0.39 is 17.6 Å². The minimum atomic E-state index is -0.684. The smallest absolute Gasteiger partial charge is 0.226 e. The van der Waals surface area contributed by atoms with Gasteiger partial charge >= 0.3 is 0 Å². The number of carbonyl (C=O) groups is 1. The Morgan fingerprint density at radius 3 is 2.88 bits per heavy atom. The van der Waals surface area contributed by atoms with E-state index in [1.165, 1.54) is 12.1 Å². The Morgan fingerprint density at radius 1 is 1.25 bits per heavy atom. The molecule has 0 spiro atoms. The average Bonchev–Trinajstić information content (AvgIpc) is 2.99. The van der Waals surface area contributed by atoms with Gasteiger partial charge in [-0.3, -0.25) is 14.3 Å². The van der Waals surface area contributed by atoms with E-state index in [2.05, 4.69) is 15.3 Å². The first kappa shape index (κ1) is 14.5. The molecule has 1 atom stereocenters. The maximum absolute atomic E-state index is 14.2. The monoisotopic (exact) mass is 326 g/mol. The lowest BCUT2D eigenvalue weighted by molar-refractivity contribution is -0.116. The fourth-order valence-electron chi connectivity index (χ4n) is 2.94. The molecule has 1 N–H and O–H groups in total. The molecule has 5 nitrogen and oxygen atoms in total. The lowest BCUT2D eigenvalue weighted by Crippen LogP contribution is -2.25. The van der Waals surface area contributed by atoms with Crippen molar-refractivity contribution in [1.29, 1.82) is 0 Å². The highest BCUT2D eigenvalue weighted by molar-refractivity contribution is 5.94. The van der Waals surface area contributed by atoms with Crippen LogP contribution in [0.15, 0.2) is 49.1 Å². The van der Waals surface area contributed by atoms with Crippen molar-refractivity contribution in [3.63, 3.8) is 0 Å². The second kappa shape index (κ2) is 5.52. The molecule has 1 aromatic carbocycles. The number of nitrogens with zero attached hydrogens (tertiary/aromatic N) is 3. The molecule has 24 heavy (non-hydrogen) atoms. The normalized spacial score (nSPS) is 16.6. The third-order valence-electron chi connectivity index (χ3n) is 4.04. The van der Waals surface area contributed by atoms with E-state index in [1.54, 1.807) is 29.4 Å². The zero-order chi connectivity index (χ0) is 16.7. The summed E-state index contributed by atoms with van der Waals surface area (Å²) in [7, 11) is 0. The van der Waals surface area contributed by atoms with Crippen molar-refractivity contribution in [2.45, 2.75) is 12.3 Å². The number of anilines is 1. The second-order valence-electron chi connectivity index (χ2n) is 5.53. The van der Waals surface area contributed by atoms with Gasteiger partial charge in [-0.15, -0.1) is 0 Å². The van der Waals surface area contributed by atoms with Crippen LogP contribution in [0.25, 0.3) is 5.69 Å². The number of imidazole rings is 1. The van der Waals surface area contributed by atoms with Gasteiger partial charge in [-0.1, -0.05) is 6.07 Å². The summed E-state index contributed by atoms with van der Waals surface area (Å²) in [5, 5.41) is 2.77. The van der Waals surface area contributed by atoms with Crippen LogP contribution in [0.5, 0.6) is 0 Å². The third-order valence-corrected chi connectivity index (χ3v) is 4.04. The molecule has 0 radical (unpaired) electrons. The van der Waals surface area contributed by atoms with E-state index in [-0.39, 0.29) is 17.9 Å². The highest BCUT2D eigenvalue weighted by Gasteiger charge is 2.32. The number of halogens is 2. The van der Waals surface area contributed by atoms with Crippen LogP contribution in [0, 0.1) is 11.6 Å². The fourth-order valence-corrected chi connectivity index (χ4v) is 2.94. The van der Waals surface area contributed by atoms with Crippen molar-refractivity contribution in [1.82, 2.24) is 14.5 Å². The largest absolute Gasteiger partial charge is 0.310 e. The number of hydrogen-bond donors (Lipinski definition) is 1. The number of rotatable bonds is 2. The molecule has 3 aromatic rings. The molecule has 3 heterocycles. The number of hydrogen-bond acceptors (Lipinski definition) is 3. The summed E-state index contributed by atoms with van der Waals surface area (Å²) in [6, 6.07) is 6.95. The van der Waals surface area contributed by atoms with E-state index in [9.17, 15) is 13.6 Å². The molecule has 1 unspecified atom stereocenters. The molecule has 1 amide bonds. The predicted molar refractivity (Wildman–Crippen MR) is 82.8 cm³/mol. The van der Waals surface area contributed by atoms with Crippen LogP contribution < -0.4 is 5.32 Å². The number of carbonyl (C=O) groups excluding carboxylic acids is 1. The van der Waals surface area contributed by atoms with E-state index >= 15 is 0 Å². The maximum Gasteiger partial charge on any atom is 0.226 e. The van der Waals surface area contributed by atoms with E-state index in [0.29, 0.717) is 11.5 Å². The lowest BCUT2D eigenvalue weighted by atomic mass is 9.89. The number of pyridine rings is 1. The summed E-state index contributed by atoms with van der Waals surface area (Å²) >= 11 is 0. The van der Waals surface area contributed by atoms with Crippen molar-refractivity contribution < 1.29 is 13.6 Å². The van der Waals surface area contributed by atoms with Crippen LogP contribution in [0.4, 0.5) is 14.6 Å². The van der Waals surface area contributed by atoms with Gasteiger partial charge in [-0.05, 0) is 23.8 Å². The highest BCUT2D eigenvalue weighted by Crippen LogP contribution is 2.38. The van der Waals surface area contributed by atoms with Crippen LogP contribution in [0.1, 0.15) is 23.6 Å². The predicted octanol–water partition coefficient (Wildman–Crippen LogP) is 3.02. The first-order valence-corrected chi connectivity index (χ1v) is 7.36. The molecule has 0 fully saturated rings. The minimum Gasteiger partial charge on any atom is -0.310 e. The summed E-state index contributed by atoms with van der Waals surface area (Å²) in [6.45, 7) is 0. The summed E-state index contributed by atoms with van der Waals surface area (Å²) < 4.78 is 29.0. The van der Waals surface area contributed by atoms with E-state index in [1.807, 2.05) is 6.07 Å². The van der Waals surface area contributed by atoms with Crippen LogP contribution >= 0.6 is 0 Å². The minimum absolute atomic E-state index is 0.0552. The second-order valence-corrected chi connectivity index (χ2v) is 5.53. The van der Waals surface area contributed by atoms with Crippen LogP contribution in [0.2, 0.25) is 0 Å². The first-order chi connectivity index (χ1) is 11.6. The Balaban J connectivity index is 1.84. The van der Waals surface area contributed by atoms with Gasteiger partial charge in [0.05, 0.1) is 17.6 Å². The molecule has 7 heteroatoms. The number of nitrogens with one attached hydrogen (secondary N) is 1. The number of fused-ring (bicyclic) bond motifs is 1. The van der Waals surface area contributed by atoms with E-state index in [0.717, 1.165) is 11.8 Å². The maximum atomic E-state index is 14.2. The van der Waals surface area contributed by atoms with Gasteiger partial charge in [0.15, 0.2) is 0 Å². The van der Waals surface area contributed by atoms with Crippen molar-refractivity contribution in [3.05, 3.63) is 71.9 Å². The van der Waals surface area contributed by atoms with Crippen LogP contribution in [0.3, 0.4) is 0 Å². The quantitative estimate of drug-likeness (QED) is 0.787. The molecule has 2 aromatic heterocycles. The molecular formula is C17H12F2N4O. The Bertz CT molecular complexity index is 924.